The molecule has 2 aliphatic rings. The minimum atomic E-state index is -3.14. The van der Waals surface area contributed by atoms with Gasteiger partial charge >= 0.3 is 0 Å². The second-order valence-electron chi connectivity index (χ2n) is 5.32. The van der Waals surface area contributed by atoms with Gasteiger partial charge in [-0.2, -0.15) is 0 Å². The van der Waals surface area contributed by atoms with Gasteiger partial charge in [0.1, 0.15) is 6.04 Å². The molecule has 0 bridgehead atoms. The van der Waals surface area contributed by atoms with E-state index in [4.69, 9.17) is 4.74 Å². The Balaban J connectivity index is 2.04. The maximum Gasteiger partial charge on any atom is 0.240 e. The van der Waals surface area contributed by atoms with Gasteiger partial charge in [0.05, 0.1) is 18.1 Å². The Hall–Kier alpha value is -0.660. The first-order valence-corrected chi connectivity index (χ1v) is 8.58. The van der Waals surface area contributed by atoms with Crippen molar-refractivity contribution in [3.8, 4) is 0 Å². The highest BCUT2D eigenvalue weighted by molar-refractivity contribution is 7.91. The molecule has 2 heterocycles. The summed E-state index contributed by atoms with van der Waals surface area (Å²) in [4.78, 5) is 14.0. The number of hydrogen-bond donors (Lipinski definition) is 1. The van der Waals surface area contributed by atoms with Gasteiger partial charge in [-0.25, -0.2) is 8.42 Å². The van der Waals surface area contributed by atoms with Crippen molar-refractivity contribution in [1.82, 2.24) is 10.2 Å². The molecular formula is C12H22N2O4S. The zero-order valence-electron chi connectivity index (χ0n) is 11.3. The number of carbonyl (C=O) groups excluding carboxylic acids is 1. The summed E-state index contributed by atoms with van der Waals surface area (Å²) >= 11 is 0. The van der Waals surface area contributed by atoms with Gasteiger partial charge in [0, 0.05) is 19.7 Å². The van der Waals surface area contributed by atoms with Crippen molar-refractivity contribution < 1.29 is 17.9 Å². The van der Waals surface area contributed by atoms with E-state index in [0.717, 1.165) is 19.4 Å². The van der Waals surface area contributed by atoms with Crippen molar-refractivity contribution in [3.63, 3.8) is 0 Å². The number of rotatable bonds is 3. The smallest absolute Gasteiger partial charge is 0.240 e. The lowest BCUT2D eigenvalue weighted by Gasteiger charge is -2.30. The van der Waals surface area contributed by atoms with E-state index in [0.29, 0.717) is 25.6 Å². The van der Waals surface area contributed by atoms with Gasteiger partial charge in [-0.1, -0.05) is 0 Å². The number of likely N-dealkylation sites (N-methyl/N-ethyl adjacent to an activating group) is 1. The topological polar surface area (TPSA) is 75.7 Å². The molecule has 2 saturated heterocycles. The van der Waals surface area contributed by atoms with Gasteiger partial charge in [0.2, 0.25) is 5.91 Å². The molecule has 0 spiro atoms. The first-order chi connectivity index (χ1) is 9.02. The van der Waals surface area contributed by atoms with E-state index in [1.165, 1.54) is 0 Å². The molecule has 2 unspecified atom stereocenters. The Bertz CT molecular complexity index is 417. The van der Waals surface area contributed by atoms with E-state index in [2.05, 4.69) is 5.32 Å². The van der Waals surface area contributed by atoms with Crippen LogP contribution in [-0.4, -0.2) is 70.1 Å². The van der Waals surface area contributed by atoms with Crippen molar-refractivity contribution in [1.29, 1.82) is 0 Å². The highest BCUT2D eigenvalue weighted by atomic mass is 32.2. The van der Waals surface area contributed by atoms with Crippen LogP contribution in [0.3, 0.4) is 0 Å². The summed E-state index contributed by atoms with van der Waals surface area (Å²) in [5, 5.41) is 2.81. The van der Waals surface area contributed by atoms with Gasteiger partial charge in [-0.05, 0) is 25.8 Å². The Morgan fingerprint density at radius 3 is 2.89 bits per heavy atom. The maximum atomic E-state index is 12.3. The predicted molar refractivity (Wildman–Crippen MR) is 71.6 cm³/mol. The number of nitrogens with one attached hydrogen (secondary N) is 1. The highest BCUT2D eigenvalue weighted by Crippen LogP contribution is 2.17. The first-order valence-electron chi connectivity index (χ1n) is 6.76. The number of nitrogens with zero attached hydrogens (tertiary/aromatic N) is 1. The lowest BCUT2D eigenvalue weighted by Crippen LogP contribution is -2.48. The SMILES string of the molecule is CNC1CS(=O)(=O)CCN(CC2CCCOC2)C1=O. The van der Waals surface area contributed by atoms with E-state index in [1.807, 2.05) is 0 Å². The van der Waals surface area contributed by atoms with E-state index in [-0.39, 0.29) is 17.4 Å². The van der Waals surface area contributed by atoms with Crippen molar-refractivity contribution in [3.05, 3.63) is 0 Å². The van der Waals surface area contributed by atoms with E-state index >= 15 is 0 Å². The summed E-state index contributed by atoms with van der Waals surface area (Å²) in [6.07, 6.45) is 2.06. The van der Waals surface area contributed by atoms with Crippen molar-refractivity contribution in [2.75, 3.05) is 44.9 Å². The fourth-order valence-electron chi connectivity index (χ4n) is 2.64. The highest BCUT2D eigenvalue weighted by Gasteiger charge is 2.33. The molecule has 0 aromatic rings. The molecule has 0 aromatic heterocycles. The monoisotopic (exact) mass is 290 g/mol. The Labute approximate surface area is 114 Å². The number of sulfone groups is 1. The van der Waals surface area contributed by atoms with Gasteiger partial charge in [0.25, 0.3) is 0 Å². The summed E-state index contributed by atoms with van der Waals surface area (Å²) < 4.78 is 29.0. The first kappa shape index (κ1) is 14.7. The molecule has 110 valence electrons. The van der Waals surface area contributed by atoms with Crippen LogP contribution in [0, 0.1) is 5.92 Å². The van der Waals surface area contributed by atoms with Crippen molar-refractivity contribution >= 4 is 15.7 Å². The number of carbonyl (C=O) groups is 1. The predicted octanol–water partition coefficient (Wildman–Crippen LogP) is -0.742. The molecule has 1 N–H and O–H groups in total. The van der Waals surface area contributed by atoms with Crippen LogP contribution >= 0.6 is 0 Å². The summed E-state index contributed by atoms with van der Waals surface area (Å²) in [7, 11) is -1.51. The molecular weight excluding hydrogens is 268 g/mol. The molecule has 2 fully saturated rings. The van der Waals surface area contributed by atoms with Crippen LogP contribution in [0.5, 0.6) is 0 Å². The van der Waals surface area contributed by atoms with Crippen LogP contribution in [0.2, 0.25) is 0 Å². The molecule has 2 atom stereocenters. The fourth-order valence-corrected chi connectivity index (χ4v) is 4.12. The van der Waals surface area contributed by atoms with Crippen molar-refractivity contribution in [2.24, 2.45) is 5.92 Å². The van der Waals surface area contributed by atoms with E-state index in [1.54, 1.807) is 11.9 Å². The number of ether oxygens (including phenoxy) is 1. The minimum Gasteiger partial charge on any atom is -0.381 e. The molecule has 7 heteroatoms. The fraction of sp³-hybridized carbons (Fsp3) is 0.917. The van der Waals surface area contributed by atoms with E-state index in [9.17, 15) is 13.2 Å². The third-order valence-corrected chi connectivity index (χ3v) is 5.43. The summed E-state index contributed by atoms with van der Waals surface area (Å²) in [5.41, 5.74) is 0. The van der Waals surface area contributed by atoms with Crippen LogP contribution in [0.1, 0.15) is 12.8 Å². The van der Waals surface area contributed by atoms with Crippen LogP contribution in [0.25, 0.3) is 0 Å². The zero-order chi connectivity index (χ0) is 13.9. The molecule has 6 nitrogen and oxygen atoms in total. The lowest BCUT2D eigenvalue weighted by molar-refractivity contribution is -0.133. The second kappa shape index (κ2) is 6.19. The molecule has 0 radical (unpaired) electrons. The number of amides is 1. The average Bonchev–Trinajstić information content (AvgIpc) is 2.51. The van der Waals surface area contributed by atoms with Crippen LogP contribution in [-0.2, 0) is 19.4 Å². The maximum absolute atomic E-state index is 12.3. The van der Waals surface area contributed by atoms with Gasteiger partial charge in [-0.3, -0.25) is 4.79 Å². The molecule has 0 aliphatic carbocycles. The summed E-state index contributed by atoms with van der Waals surface area (Å²) in [6.45, 7) is 2.36. The Morgan fingerprint density at radius 1 is 1.47 bits per heavy atom. The van der Waals surface area contributed by atoms with E-state index < -0.39 is 15.9 Å². The largest absolute Gasteiger partial charge is 0.381 e. The van der Waals surface area contributed by atoms with Crippen LogP contribution < -0.4 is 5.32 Å². The quantitative estimate of drug-likeness (QED) is 0.741. The lowest BCUT2D eigenvalue weighted by atomic mass is 10.0. The third kappa shape index (κ3) is 3.90. The molecule has 19 heavy (non-hydrogen) atoms. The Kier molecular flexibility index (Phi) is 4.81. The van der Waals surface area contributed by atoms with Crippen LogP contribution in [0.4, 0.5) is 0 Å². The molecule has 0 aromatic carbocycles. The zero-order valence-corrected chi connectivity index (χ0v) is 12.1. The van der Waals surface area contributed by atoms with Gasteiger partial charge in [-0.15, -0.1) is 0 Å². The summed E-state index contributed by atoms with van der Waals surface area (Å²) in [5.74, 6) is 0.190. The third-order valence-electron chi connectivity index (χ3n) is 3.78. The van der Waals surface area contributed by atoms with Gasteiger partial charge in [0.15, 0.2) is 9.84 Å². The molecule has 1 amide bonds. The number of hydrogen-bond acceptors (Lipinski definition) is 5. The minimum absolute atomic E-state index is 0.0600. The standard InChI is InChI=1S/C12H22N2O4S/c1-13-11-9-19(16,17)6-4-14(12(11)15)7-10-3-2-5-18-8-10/h10-11,13H,2-9H2,1H3. The molecule has 2 rings (SSSR count). The normalized spacial score (nSPS) is 32.1. The average molecular weight is 290 g/mol. The second-order valence-corrected chi connectivity index (χ2v) is 7.55. The molecule has 0 saturated carbocycles. The molecule has 2 aliphatic heterocycles. The van der Waals surface area contributed by atoms with Gasteiger partial charge < -0.3 is 15.0 Å². The Morgan fingerprint density at radius 2 is 2.26 bits per heavy atom. The van der Waals surface area contributed by atoms with Crippen molar-refractivity contribution in [2.45, 2.75) is 18.9 Å². The van der Waals surface area contributed by atoms with Crippen LogP contribution in [0.15, 0.2) is 0 Å². The summed E-state index contributed by atoms with van der Waals surface area (Å²) in [6, 6.07) is -0.614.